The van der Waals surface area contributed by atoms with E-state index in [0.29, 0.717) is 11.3 Å². The van der Waals surface area contributed by atoms with E-state index in [-0.39, 0.29) is 30.4 Å². The molecule has 1 N–H and O–H groups in total. The number of hydrogen-bond donors (Lipinski definition) is 1. The number of halogens is 2. The molecule has 0 unspecified atom stereocenters. The minimum Gasteiger partial charge on any atom is -0.328 e. The zero-order chi connectivity index (χ0) is 13.9. The zero-order valence-electron chi connectivity index (χ0n) is 11.7. The smallest absolute Gasteiger partial charge is 0.256 e. The topological polar surface area (TPSA) is 71.5 Å². The fraction of sp³-hybridized carbons (Fsp3) is 0.0667. The molecule has 0 aliphatic carbocycles. The van der Waals surface area contributed by atoms with Crippen LogP contribution < -0.4 is 5.56 Å². The minimum atomic E-state index is -0.112. The predicted octanol–water partition coefficient (Wildman–Crippen LogP) is 3.05. The average molecular weight is 337 g/mol. The first-order chi connectivity index (χ1) is 9.77. The molecule has 0 aliphatic heterocycles. The number of pyridine rings is 1. The third kappa shape index (κ3) is 3.32. The third-order valence-corrected chi connectivity index (χ3v) is 3.20. The van der Waals surface area contributed by atoms with E-state index in [1.54, 1.807) is 18.5 Å². The van der Waals surface area contributed by atoms with Gasteiger partial charge in [0.1, 0.15) is 0 Å². The number of aromatic amines is 1. The van der Waals surface area contributed by atoms with Crippen LogP contribution in [0.4, 0.5) is 0 Å². The van der Waals surface area contributed by atoms with E-state index >= 15 is 0 Å². The molecule has 0 saturated carbocycles. The first-order valence-corrected chi connectivity index (χ1v) is 6.20. The summed E-state index contributed by atoms with van der Waals surface area (Å²) in [5.74, 6) is 0. The molecule has 0 bridgehead atoms. The van der Waals surface area contributed by atoms with Gasteiger partial charge in [0.25, 0.3) is 5.56 Å². The normalized spacial score (nSPS) is 9.50. The van der Waals surface area contributed by atoms with Crippen LogP contribution in [0, 0.1) is 6.92 Å². The van der Waals surface area contributed by atoms with Gasteiger partial charge in [-0.1, -0.05) is 30.3 Å². The molecular formula is C15H14Cl2N4O. The largest absolute Gasteiger partial charge is 0.328 e. The molecule has 114 valence electrons. The number of nitrogens with zero attached hydrogens (tertiary/aromatic N) is 3. The van der Waals surface area contributed by atoms with E-state index in [2.05, 4.69) is 20.4 Å². The van der Waals surface area contributed by atoms with Gasteiger partial charge in [0.05, 0.1) is 17.5 Å². The Morgan fingerprint density at radius 3 is 2.41 bits per heavy atom. The highest BCUT2D eigenvalue weighted by molar-refractivity contribution is 5.85. The van der Waals surface area contributed by atoms with Crippen LogP contribution >= 0.6 is 24.8 Å². The Morgan fingerprint density at radius 1 is 1.05 bits per heavy atom. The average Bonchev–Trinajstić information content (AvgIpc) is 2.49. The Kier molecular flexibility index (Phi) is 6.22. The van der Waals surface area contributed by atoms with Crippen LogP contribution in [0.15, 0.2) is 53.6 Å². The molecule has 3 rings (SSSR count). The van der Waals surface area contributed by atoms with Crippen molar-refractivity contribution in [1.82, 2.24) is 20.4 Å². The summed E-state index contributed by atoms with van der Waals surface area (Å²) < 4.78 is 0. The number of benzene rings is 1. The molecule has 0 amide bonds. The molecule has 0 atom stereocenters. The van der Waals surface area contributed by atoms with E-state index in [1.807, 2.05) is 37.3 Å². The van der Waals surface area contributed by atoms with Gasteiger partial charge >= 0.3 is 0 Å². The molecule has 22 heavy (non-hydrogen) atoms. The Labute approximate surface area is 139 Å². The summed E-state index contributed by atoms with van der Waals surface area (Å²) in [6.45, 7) is 1.91. The van der Waals surface area contributed by atoms with Crippen molar-refractivity contribution < 1.29 is 0 Å². The van der Waals surface area contributed by atoms with Gasteiger partial charge < -0.3 is 4.98 Å². The molecule has 1 aromatic carbocycles. The lowest BCUT2D eigenvalue weighted by Gasteiger charge is -2.09. The second-order valence-electron chi connectivity index (χ2n) is 4.40. The number of H-pyrrole nitrogens is 1. The fourth-order valence-electron chi connectivity index (χ4n) is 2.23. The highest BCUT2D eigenvalue weighted by Crippen LogP contribution is 2.26. The SMILES string of the molecule is Cc1c(-c2ccnnn2)c[nH]c(=O)c1-c1ccccc1.Cl.Cl. The summed E-state index contributed by atoms with van der Waals surface area (Å²) in [6, 6.07) is 11.3. The molecular weight excluding hydrogens is 323 g/mol. The monoisotopic (exact) mass is 336 g/mol. The molecule has 5 nitrogen and oxygen atoms in total. The zero-order valence-corrected chi connectivity index (χ0v) is 13.3. The summed E-state index contributed by atoms with van der Waals surface area (Å²) >= 11 is 0. The summed E-state index contributed by atoms with van der Waals surface area (Å²) in [7, 11) is 0. The molecule has 0 aliphatic rings. The van der Waals surface area contributed by atoms with Crippen molar-refractivity contribution in [3.8, 4) is 22.4 Å². The van der Waals surface area contributed by atoms with Crippen LogP contribution in [-0.2, 0) is 0 Å². The molecule has 0 radical (unpaired) electrons. The predicted molar refractivity (Wildman–Crippen MR) is 90.6 cm³/mol. The second kappa shape index (κ2) is 7.68. The van der Waals surface area contributed by atoms with Crippen molar-refractivity contribution in [2.75, 3.05) is 0 Å². The lowest BCUT2D eigenvalue weighted by atomic mass is 9.98. The van der Waals surface area contributed by atoms with Crippen molar-refractivity contribution in [1.29, 1.82) is 0 Å². The number of hydrogen-bond acceptors (Lipinski definition) is 4. The van der Waals surface area contributed by atoms with E-state index in [0.717, 1.165) is 16.7 Å². The van der Waals surface area contributed by atoms with Gasteiger partial charge in [0.15, 0.2) is 0 Å². The van der Waals surface area contributed by atoms with Crippen LogP contribution in [0.1, 0.15) is 5.56 Å². The maximum atomic E-state index is 12.1. The molecule has 2 heterocycles. The highest BCUT2D eigenvalue weighted by Gasteiger charge is 2.12. The van der Waals surface area contributed by atoms with E-state index in [9.17, 15) is 4.79 Å². The lowest BCUT2D eigenvalue weighted by Crippen LogP contribution is -2.11. The molecule has 0 fully saturated rings. The third-order valence-electron chi connectivity index (χ3n) is 3.20. The maximum Gasteiger partial charge on any atom is 0.256 e. The van der Waals surface area contributed by atoms with Crippen molar-refractivity contribution in [3.63, 3.8) is 0 Å². The van der Waals surface area contributed by atoms with Crippen LogP contribution in [0.2, 0.25) is 0 Å². The summed E-state index contributed by atoms with van der Waals surface area (Å²) in [6.07, 6.45) is 3.24. The van der Waals surface area contributed by atoms with Gasteiger partial charge in [-0.2, -0.15) is 0 Å². The first kappa shape index (κ1) is 17.8. The van der Waals surface area contributed by atoms with Gasteiger partial charge in [-0.05, 0) is 29.3 Å². The van der Waals surface area contributed by atoms with Crippen molar-refractivity contribution in [2.45, 2.75) is 6.92 Å². The van der Waals surface area contributed by atoms with Crippen molar-refractivity contribution >= 4 is 24.8 Å². The fourth-order valence-corrected chi connectivity index (χ4v) is 2.23. The molecule has 0 saturated heterocycles. The van der Waals surface area contributed by atoms with Crippen LogP contribution in [0.25, 0.3) is 22.4 Å². The van der Waals surface area contributed by atoms with E-state index < -0.39 is 0 Å². The van der Waals surface area contributed by atoms with Crippen LogP contribution in [0.5, 0.6) is 0 Å². The van der Waals surface area contributed by atoms with Crippen molar-refractivity contribution in [2.24, 2.45) is 0 Å². The summed E-state index contributed by atoms with van der Waals surface area (Å²) in [5, 5.41) is 11.3. The molecule has 7 heteroatoms. The van der Waals surface area contributed by atoms with Gasteiger partial charge in [0, 0.05) is 11.8 Å². The van der Waals surface area contributed by atoms with Gasteiger partial charge in [0.2, 0.25) is 0 Å². The Balaban J connectivity index is 0.00000121. The molecule has 2 aromatic heterocycles. The van der Waals surface area contributed by atoms with Crippen LogP contribution in [0.3, 0.4) is 0 Å². The number of nitrogens with one attached hydrogen (secondary N) is 1. The summed E-state index contributed by atoms with van der Waals surface area (Å²) in [4.78, 5) is 14.9. The van der Waals surface area contributed by atoms with Gasteiger partial charge in [-0.25, -0.2) is 0 Å². The summed E-state index contributed by atoms with van der Waals surface area (Å²) in [5.41, 5.74) is 3.83. The number of aromatic nitrogens is 4. The van der Waals surface area contributed by atoms with E-state index in [4.69, 9.17) is 0 Å². The Bertz CT molecular complexity index is 792. The quantitative estimate of drug-likeness (QED) is 0.780. The standard InChI is InChI=1S/C15H12N4O.2ClH/c1-10-12(13-7-8-17-19-18-13)9-16-15(20)14(10)11-5-3-2-4-6-11;;/h2-9H,1H3,(H,16,20);2*1H. The maximum absolute atomic E-state index is 12.1. The van der Waals surface area contributed by atoms with Gasteiger partial charge in [-0.3, -0.25) is 4.79 Å². The minimum absolute atomic E-state index is 0. The second-order valence-corrected chi connectivity index (χ2v) is 4.40. The van der Waals surface area contributed by atoms with Gasteiger partial charge in [-0.15, -0.1) is 35.0 Å². The van der Waals surface area contributed by atoms with E-state index in [1.165, 1.54) is 0 Å². The molecule has 0 spiro atoms. The first-order valence-electron chi connectivity index (χ1n) is 6.20. The molecule has 3 aromatic rings. The number of rotatable bonds is 2. The Morgan fingerprint density at radius 2 is 1.77 bits per heavy atom. The van der Waals surface area contributed by atoms with Crippen LogP contribution in [-0.4, -0.2) is 20.4 Å². The van der Waals surface area contributed by atoms with Crippen molar-refractivity contribution in [3.05, 3.63) is 64.7 Å². The lowest BCUT2D eigenvalue weighted by molar-refractivity contribution is 0.869. The Hall–Kier alpha value is -2.24. The highest BCUT2D eigenvalue weighted by atomic mass is 35.5.